The molecule has 18 heavy (non-hydrogen) atoms. The van der Waals surface area contributed by atoms with Crippen LogP contribution in [0.5, 0.6) is 0 Å². The highest BCUT2D eigenvalue weighted by molar-refractivity contribution is 5.20. The summed E-state index contributed by atoms with van der Waals surface area (Å²) in [5.74, 6) is -2.98. The van der Waals surface area contributed by atoms with Crippen LogP contribution in [0.4, 0.5) is 8.78 Å². The Labute approximate surface area is 104 Å². The van der Waals surface area contributed by atoms with Crippen LogP contribution < -0.4 is 0 Å². The Bertz CT molecular complexity index is 509. The van der Waals surface area contributed by atoms with Crippen LogP contribution in [0.2, 0.25) is 0 Å². The van der Waals surface area contributed by atoms with Crippen LogP contribution in [-0.2, 0) is 12.5 Å². The van der Waals surface area contributed by atoms with E-state index in [-0.39, 0.29) is 5.56 Å². The van der Waals surface area contributed by atoms with E-state index in [9.17, 15) is 13.9 Å². The minimum Gasteiger partial charge on any atom is -0.389 e. The molecule has 0 aliphatic heterocycles. The molecule has 0 amide bonds. The lowest BCUT2D eigenvalue weighted by Crippen LogP contribution is -2.21. The van der Waals surface area contributed by atoms with Crippen LogP contribution >= 0.6 is 0 Å². The summed E-state index contributed by atoms with van der Waals surface area (Å²) in [6.07, 6.45) is 2.12. The molecule has 0 fully saturated rings. The highest BCUT2D eigenvalue weighted by atomic mass is 19.3. The third-order valence-electron chi connectivity index (χ3n) is 2.69. The predicted molar refractivity (Wildman–Crippen MR) is 63.2 cm³/mol. The first kappa shape index (κ1) is 12.7. The molecule has 0 spiro atoms. The summed E-state index contributed by atoms with van der Waals surface area (Å²) in [4.78, 5) is 0. The average molecular weight is 252 g/mol. The molecule has 0 bridgehead atoms. The van der Waals surface area contributed by atoms with Gasteiger partial charge in [-0.1, -0.05) is 30.3 Å². The van der Waals surface area contributed by atoms with Crippen molar-refractivity contribution in [2.45, 2.75) is 25.5 Å². The lowest BCUT2D eigenvalue weighted by molar-refractivity contribution is -0.0254. The minimum absolute atomic E-state index is 0.0425. The minimum atomic E-state index is -2.98. The topological polar surface area (TPSA) is 38.1 Å². The Balaban J connectivity index is 2.17. The largest absolute Gasteiger partial charge is 0.389 e. The quantitative estimate of drug-likeness (QED) is 0.908. The van der Waals surface area contributed by atoms with E-state index >= 15 is 0 Å². The number of aliphatic hydroxyl groups excluding tert-OH is 1. The molecule has 1 aromatic heterocycles. The van der Waals surface area contributed by atoms with E-state index in [0.29, 0.717) is 5.56 Å². The molecule has 0 saturated carbocycles. The van der Waals surface area contributed by atoms with E-state index in [1.807, 2.05) is 0 Å². The van der Waals surface area contributed by atoms with Gasteiger partial charge in [0.15, 0.2) is 0 Å². The highest BCUT2D eigenvalue weighted by Crippen LogP contribution is 2.29. The second-order valence-corrected chi connectivity index (χ2v) is 4.22. The zero-order chi connectivity index (χ0) is 13.2. The van der Waals surface area contributed by atoms with E-state index in [1.165, 1.54) is 24.5 Å². The molecule has 1 atom stereocenters. The molecule has 96 valence electrons. The van der Waals surface area contributed by atoms with E-state index in [4.69, 9.17) is 0 Å². The van der Waals surface area contributed by atoms with E-state index in [1.54, 1.807) is 25.1 Å². The van der Waals surface area contributed by atoms with Crippen LogP contribution in [-0.4, -0.2) is 14.9 Å². The SMILES string of the molecule is CC(O)c1cnn(CC(F)(F)c2ccccc2)c1. The smallest absolute Gasteiger partial charge is 0.292 e. The predicted octanol–water partition coefficient (Wildman–Crippen LogP) is 2.73. The summed E-state index contributed by atoms with van der Waals surface area (Å²) in [6.45, 7) is 1.03. The van der Waals surface area contributed by atoms with Gasteiger partial charge in [-0.15, -0.1) is 0 Å². The molecule has 1 heterocycles. The Morgan fingerprint density at radius 2 is 2.00 bits per heavy atom. The van der Waals surface area contributed by atoms with Gasteiger partial charge >= 0.3 is 0 Å². The van der Waals surface area contributed by atoms with Gasteiger partial charge in [-0.25, -0.2) is 0 Å². The molecule has 1 unspecified atom stereocenters. The maximum atomic E-state index is 13.9. The van der Waals surface area contributed by atoms with Crippen molar-refractivity contribution in [2.75, 3.05) is 0 Å². The lowest BCUT2D eigenvalue weighted by atomic mass is 10.1. The molecule has 0 radical (unpaired) electrons. The van der Waals surface area contributed by atoms with Crippen molar-refractivity contribution in [1.29, 1.82) is 0 Å². The average Bonchev–Trinajstić information content (AvgIpc) is 2.78. The fourth-order valence-corrected chi connectivity index (χ4v) is 1.66. The third-order valence-corrected chi connectivity index (χ3v) is 2.69. The molecule has 2 aromatic rings. The summed E-state index contributed by atoms with van der Waals surface area (Å²) in [5, 5.41) is 13.1. The number of nitrogens with zero attached hydrogens (tertiary/aromatic N) is 2. The standard InChI is InChI=1S/C13H14F2N2O/c1-10(18)11-7-16-17(8-11)9-13(14,15)12-5-3-2-4-6-12/h2-8,10,18H,9H2,1H3. The van der Waals surface area contributed by atoms with E-state index in [2.05, 4.69) is 5.10 Å². The number of benzene rings is 1. The molecule has 0 aliphatic rings. The van der Waals surface area contributed by atoms with Gasteiger partial charge in [0.25, 0.3) is 5.92 Å². The van der Waals surface area contributed by atoms with Gasteiger partial charge in [0, 0.05) is 17.3 Å². The van der Waals surface area contributed by atoms with Crippen LogP contribution in [0.15, 0.2) is 42.7 Å². The second-order valence-electron chi connectivity index (χ2n) is 4.22. The van der Waals surface area contributed by atoms with Gasteiger partial charge in [-0.05, 0) is 6.92 Å². The number of aliphatic hydroxyl groups is 1. The zero-order valence-electron chi connectivity index (χ0n) is 9.92. The van der Waals surface area contributed by atoms with Crippen molar-refractivity contribution in [3.63, 3.8) is 0 Å². The molecule has 1 aromatic carbocycles. The Morgan fingerprint density at radius 1 is 1.33 bits per heavy atom. The molecule has 1 N–H and O–H groups in total. The molecule has 0 saturated heterocycles. The zero-order valence-corrected chi connectivity index (χ0v) is 9.92. The van der Waals surface area contributed by atoms with Crippen molar-refractivity contribution in [3.05, 3.63) is 53.9 Å². The van der Waals surface area contributed by atoms with Crippen molar-refractivity contribution in [3.8, 4) is 0 Å². The van der Waals surface area contributed by atoms with Gasteiger partial charge in [0.05, 0.1) is 12.3 Å². The third kappa shape index (κ3) is 2.73. The second kappa shape index (κ2) is 4.86. The van der Waals surface area contributed by atoms with Crippen molar-refractivity contribution < 1.29 is 13.9 Å². The van der Waals surface area contributed by atoms with Gasteiger partial charge in [0.2, 0.25) is 0 Å². The Morgan fingerprint density at radius 3 is 2.56 bits per heavy atom. The van der Waals surface area contributed by atoms with E-state index < -0.39 is 18.6 Å². The van der Waals surface area contributed by atoms with Gasteiger partial charge < -0.3 is 5.11 Å². The molecular formula is C13H14F2N2O. The fraction of sp³-hybridized carbons (Fsp3) is 0.308. The summed E-state index contributed by atoms with van der Waals surface area (Å²) in [5.41, 5.74) is 0.484. The first-order valence-electron chi connectivity index (χ1n) is 5.63. The first-order valence-corrected chi connectivity index (χ1v) is 5.63. The summed E-state index contributed by atoms with van der Waals surface area (Å²) in [6, 6.07) is 7.62. The number of halogens is 2. The number of alkyl halides is 2. The van der Waals surface area contributed by atoms with Crippen LogP contribution in [0.25, 0.3) is 0 Å². The van der Waals surface area contributed by atoms with Crippen molar-refractivity contribution in [1.82, 2.24) is 9.78 Å². The van der Waals surface area contributed by atoms with Crippen molar-refractivity contribution in [2.24, 2.45) is 0 Å². The summed E-state index contributed by atoms with van der Waals surface area (Å²) >= 11 is 0. The Hall–Kier alpha value is -1.75. The van der Waals surface area contributed by atoms with Crippen molar-refractivity contribution >= 4 is 0 Å². The molecule has 3 nitrogen and oxygen atoms in total. The van der Waals surface area contributed by atoms with Crippen LogP contribution in [0.3, 0.4) is 0 Å². The van der Waals surface area contributed by atoms with Gasteiger partial charge in [0.1, 0.15) is 6.54 Å². The van der Waals surface area contributed by atoms with Crippen LogP contribution in [0.1, 0.15) is 24.2 Å². The van der Waals surface area contributed by atoms with Crippen LogP contribution in [0, 0.1) is 0 Å². The lowest BCUT2D eigenvalue weighted by Gasteiger charge is -2.16. The molecule has 0 aliphatic carbocycles. The van der Waals surface area contributed by atoms with Gasteiger partial charge in [-0.3, -0.25) is 4.68 Å². The number of hydrogen-bond donors (Lipinski definition) is 1. The highest BCUT2D eigenvalue weighted by Gasteiger charge is 2.32. The first-order chi connectivity index (χ1) is 8.49. The number of aromatic nitrogens is 2. The summed E-state index contributed by atoms with van der Waals surface area (Å²) < 4.78 is 29.0. The maximum Gasteiger partial charge on any atom is 0.292 e. The molecular weight excluding hydrogens is 238 g/mol. The summed E-state index contributed by atoms with van der Waals surface area (Å²) in [7, 11) is 0. The number of rotatable bonds is 4. The molecule has 2 rings (SSSR count). The van der Waals surface area contributed by atoms with E-state index in [0.717, 1.165) is 4.68 Å². The monoisotopic (exact) mass is 252 g/mol. The fourth-order valence-electron chi connectivity index (χ4n) is 1.66. The number of hydrogen-bond acceptors (Lipinski definition) is 2. The van der Waals surface area contributed by atoms with Gasteiger partial charge in [-0.2, -0.15) is 13.9 Å². The maximum absolute atomic E-state index is 13.9. The Kier molecular flexibility index (Phi) is 3.43. The molecule has 5 heteroatoms. The normalized spacial score (nSPS) is 13.6.